The van der Waals surface area contributed by atoms with Gasteiger partial charge in [0.15, 0.2) is 0 Å². The quantitative estimate of drug-likeness (QED) is 0.616. The van der Waals surface area contributed by atoms with Gasteiger partial charge in [-0.15, -0.1) is 0 Å². The van der Waals surface area contributed by atoms with Gasteiger partial charge < -0.3 is 15.2 Å². The molecule has 1 rings (SSSR count). The highest BCUT2D eigenvalue weighted by atomic mass is 19.4. The molecule has 0 bridgehead atoms. The van der Waals surface area contributed by atoms with Gasteiger partial charge in [-0.3, -0.25) is 0 Å². The molecule has 1 aliphatic heterocycles. The summed E-state index contributed by atoms with van der Waals surface area (Å²) < 4.78 is 31.5. The Kier molecular flexibility index (Phi) is 6.31. The van der Waals surface area contributed by atoms with Crippen molar-refractivity contribution in [1.82, 2.24) is 0 Å². The van der Waals surface area contributed by atoms with Gasteiger partial charge in [-0.2, -0.15) is 13.2 Å². The number of hydrogen-bond donors (Lipinski definition) is 1. The van der Waals surface area contributed by atoms with Gasteiger partial charge in [-0.05, 0) is 19.3 Å². The maximum absolute atomic E-state index is 10.5. The molecule has 1 fully saturated rings. The molecule has 1 saturated heterocycles. The molecule has 2 N–H and O–H groups in total. The molecule has 0 aromatic heterocycles. The first-order valence-corrected chi connectivity index (χ1v) is 4.94. The molecular weight excluding hydrogens is 211 g/mol. The highest BCUT2D eigenvalue weighted by molar-refractivity contribution is 5.70. The van der Waals surface area contributed by atoms with Crippen LogP contribution in [-0.2, 0) is 4.79 Å². The van der Waals surface area contributed by atoms with Gasteiger partial charge in [0.1, 0.15) is 5.97 Å². The predicted molar refractivity (Wildman–Crippen MR) is 45.7 cm³/mol. The van der Waals surface area contributed by atoms with Gasteiger partial charge in [0.05, 0.1) is 13.1 Å². The first kappa shape index (κ1) is 14.2. The molecule has 90 valence electrons. The molecule has 1 atom stereocenters. The Morgan fingerprint density at radius 1 is 1.40 bits per heavy atom. The molecule has 6 heteroatoms. The summed E-state index contributed by atoms with van der Waals surface area (Å²) in [7, 11) is 0. The Balaban J connectivity index is 0.000000265. The van der Waals surface area contributed by atoms with E-state index in [1.54, 1.807) is 0 Å². The van der Waals surface area contributed by atoms with Crippen LogP contribution >= 0.6 is 0 Å². The highest BCUT2D eigenvalue weighted by Gasteiger charge is 2.28. The minimum atomic E-state index is -5.19. The third kappa shape index (κ3) is 8.23. The largest absolute Gasteiger partial charge is 0.542 e. The number of carboxylic acid groups (broad SMARTS) is 1. The standard InChI is InChI=1S/C7H15N.C2HF3O2/c1-7-4-2-3-5-8-6-7;3-2(4,5)1(6)7/h7-8H,2-6H2,1H3;(H,6,7). The summed E-state index contributed by atoms with van der Waals surface area (Å²) in [6, 6.07) is 0. The molecule has 0 amide bonds. The molecule has 1 aliphatic rings. The van der Waals surface area contributed by atoms with Crippen LogP contribution in [0, 0.1) is 5.92 Å². The van der Waals surface area contributed by atoms with E-state index in [0.717, 1.165) is 5.92 Å². The van der Waals surface area contributed by atoms with Gasteiger partial charge in [0, 0.05) is 5.92 Å². The molecule has 15 heavy (non-hydrogen) atoms. The van der Waals surface area contributed by atoms with Crippen LogP contribution in [0.5, 0.6) is 0 Å². The Bertz CT molecular complexity index is 186. The molecule has 3 nitrogen and oxygen atoms in total. The Hall–Kier alpha value is -0.780. The van der Waals surface area contributed by atoms with E-state index in [1.807, 2.05) is 0 Å². The van der Waals surface area contributed by atoms with E-state index in [9.17, 15) is 13.2 Å². The number of carbonyl (C=O) groups is 1. The van der Waals surface area contributed by atoms with Gasteiger partial charge in [-0.1, -0.05) is 6.92 Å². The number of aliphatic carboxylic acids is 1. The van der Waals surface area contributed by atoms with E-state index < -0.39 is 12.1 Å². The second-order valence-electron chi connectivity index (χ2n) is 3.70. The van der Waals surface area contributed by atoms with Crippen molar-refractivity contribution in [3.8, 4) is 0 Å². The zero-order valence-corrected chi connectivity index (χ0v) is 8.64. The second-order valence-corrected chi connectivity index (χ2v) is 3.70. The number of carbonyl (C=O) groups excluding carboxylic acids is 1. The summed E-state index contributed by atoms with van der Waals surface area (Å²) in [5.41, 5.74) is 0. The van der Waals surface area contributed by atoms with Crippen molar-refractivity contribution in [3.05, 3.63) is 0 Å². The van der Waals surface area contributed by atoms with E-state index in [1.165, 1.54) is 32.4 Å². The van der Waals surface area contributed by atoms with E-state index in [0.29, 0.717) is 0 Å². The zero-order chi connectivity index (χ0) is 11.9. The summed E-state index contributed by atoms with van der Waals surface area (Å²) in [5, 5.41) is 11.2. The topological polar surface area (TPSA) is 56.7 Å². The predicted octanol–water partition coefficient (Wildman–Crippen LogP) is -0.332. The fourth-order valence-corrected chi connectivity index (χ4v) is 1.30. The molecule has 0 saturated carbocycles. The monoisotopic (exact) mass is 227 g/mol. The molecule has 0 aliphatic carbocycles. The third-order valence-electron chi connectivity index (χ3n) is 2.16. The van der Waals surface area contributed by atoms with E-state index >= 15 is 0 Å². The summed E-state index contributed by atoms with van der Waals surface area (Å²) in [6.45, 7) is 5.08. The second kappa shape index (κ2) is 6.66. The first-order chi connectivity index (χ1) is 6.84. The van der Waals surface area contributed by atoms with E-state index in [2.05, 4.69) is 12.2 Å². The molecule has 0 aromatic carbocycles. The van der Waals surface area contributed by atoms with Crippen LogP contribution in [-0.4, -0.2) is 25.2 Å². The van der Waals surface area contributed by atoms with E-state index in [-0.39, 0.29) is 0 Å². The van der Waals surface area contributed by atoms with Crippen LogP contribution in [0.25, 0.3) is 0 Å². The van der Waals surface area contributed by atoms with Crippen LogP contribution < -0.4 is 10.4 Å². The van der Waals surface area contributed by atoms with Crippen LogP contribution in [0.3, 0.4) is 0 Å². The number of alkyl halides is 3. The minimum absolute atomic E-state index is 0.970. The number of hydrogen-bond acceptors (Lipinski definition) is 2. The summed E-state index contributed by atoms with van der Waals surface area (Å²) in [6.07, 6.45) is -0.849. The minimum Gasteiger partial charge on any atom is -0.542 e. The van der Waals surface area contributed by atoms with Crippen molar-refractivity contribution in [3.63, 3.8) is 0 Å². The fourth-order valence-electron chi connectivity index (χ4n) is 1.30. The number of carboxylic acids is 1. The van der Waals surface area contributed by atoms with Crippen molar-refractivity contribution in [2.45, 2.75) is 32.4 Å². The average molecular weight is 227 g/mol. The number of nitrogens with two attached hydrogens (primary N) is 1. The zero-order valence-electron chi connectivity index (χ0n) is 8.64. The fraction of sp³-hybridized carbons (Fsp3) is 0.889. The smallest absolute Gasteiger partial charge is 0.430 e. The lowest BCUT2D eigenvalue weighted by molar-refractivity contribution is -0.657. The van der Waals surface area contributed by atoms with Crippen molar-refractivity contribution in [2.24, 2.45) is 5.92 Å². The summed E-state index contributed by atoms with van der Waals surface area (Å²) in [5.74, 6) is -2.04. The van der Waals surface area contributed by atoms with Crippen LogP contribution in [0.1, 0.15) is 26.2 Å². The Labute approximate surface area is 86.7 Å². The van der Waals surface area contributed by atoms with Gasteiger partial charge in [-0.25, -0.2) is 0 Å². The molecular formula is C9H16F3NO2. The molecule has 0 radical (unpaired) electrons. The third-order valence-corrected chi connectivity index (χ3v) is 2.16. The van der Waals surface area contributed by atoms with Crippen LogP contribution in [0.2, 0.25) is 0 Å². The van der Waals surface area contributed by atoms with Crippen molar-refractivity contribution in [2.75, 3.05) is 13.1 Å². The normalized spacial score (nSPS) is 22.3. The van der Waals surface area contributed by atoms with Crippen molar-refractivity contribution < 1.29 is 28.4 Å². The average Bonchev–Trinajstić information content (AvgIpc) is 2.32. The lowest BCUT2D eigenvalue weighted by atomic mass is 10.1. The maximum Gasteiger partial charge on any atom is 0.430 e. The molecule has 1 heterocycles. The lowest BCUT2D eigenvalue weighted by Gasteiger charge is -2.03. The van der Waals surface area contributed by atoms with Gasteiger partial charge in [0.2, 0.25) is 0 Å². The van der Waals surface area contributed by atoms with Crippen LogP contribution in [0.4, 0.5) is 13.2 Å². The van der Waals surface area contributed by atoms with Crippen molar-refractivity contribution in [1.29, 1.82) is 0 Å². The summed E-state index contributed by atoms with van der Waals surface area (Å²) in [4.78, 5) is 8.78. The Morgan fingerprint density at radius 2 is 1.93 bits per heavy atom. The lowest BCUT2D eigenvalue weighted by Crippen LogP contribution is -2.84. The number of quaternary nitrogens is 1. The Morgan fingerprint density at radius 3 is 2.40 bits per heavy atom. The first-order valence-electron chi connectivity index (χ1n) is 4.94. The summed E-state index contributed by atoms with van der Waals surface area (Å²) >= 11 is 0. The van der Waals surface area contributed by atoms with Crippen LogP contribution in [0.15, 0.2) is 0 Å². The number of halogens is 3. The maximum atomic E-state index is 10.5. The molecule has 0 aromatic rings. The molecule has 0 spiro atoms. The SMILES string of the molecule is CC1CCCC[NH2+]C1.O=C([O-])C(F)(F)F. The van der Waals surface area contributed by atoms with Gasteiger partial charge >= 0.3 is 6.18 Å². The van der Waals surface area contributed by atoms with Crippen molar-refractivity contribution >= 4 is 5.97 Å². The number of rotatable bonds is 0. The van der Waals surface area contributed by atoms with Gasteiger partial charge in [0.25, 0.3) is 0 Å². The highest BCUT2D eigenvalue weighted by Crippen LogP contribution is 2.11. The molecule has 1 unspecified atom stereocenters. The van der Waals surface area contributed by atoms with E-state index in [4.69, 9.17) is 9.90 Å².